The third-order valence-corrected chi connectivity index (χ3v) is 4.34. The maximum absolute atomic E-state index is 13.0. The third kappa shape index (κ3) is 3.78. The molecule has 1 heterocycles. The first-order valence-corrected chi connectivity index (χ1v) is 8.09. The summed E-state index contributed by atoms with van der Waals surface area (Å²) in [5.41, 5.74) is 3.01. The molecule has 1 amide bonds. The molecule has 1 aliphatic heterocycles. The van der Waals surface area contributed by atoms with Gasteiger partial charge in [0.15, 0.2) is 6.04 Å². The first kappa shape index (κ1) is 15.7. The Morgan fingerprint density at radius 2 is 1.70 bits per heavy atom. The Labute approximate surface area is 137 Å². The summed E-state index contributed by atoms with van der Waals surface area (Å²) >= 11 is 0. The van der Waals surface area contributed by atoms with Crippen molar-refractivity contribution < 1.29 is 14.4 Å². The van der Waals surface area contributed by atoms with Crippen molar-refractivity contribution in [1.82, 2.24) is 0 Å². The normalized spacial score (nSPS) is 16.7. The van der Waals surface area contributed by atoms with Crippen LogP contribution >= 0.6 is 0 Å². The Balaban J connectivity index is 1.85. The Hall–Kier alpha value is -2.17. The number of anilines is 1. The Kier molecular flexibility index (Phi) is 5.05. The largest absolute Gasteiger partial charge is 0.370 e. The van der Waals surface area contributed by atoms with Crippen LogP contribution in [0.15, 0.2) is 54.6 Å². The summed E-state index contributed by atoms with van der Waals surface area (Å²) in [4.78, 5) is 14.2. The van der Waals surface area contributed by atoms with E-state index >= 15 is 0 Å². The van der Waals surface area contributed by atoms with Crippen LogP contribution in [0.4, 0.5) is 5.69 Å². The first-order valence-electron chi connectivity index (χ1n) is 8.09. The number of hydrogen-bond donors (Lipinski definition) is 2. The van der Waals surface area contributed by atoms with Gasteiger partial charge in [0.25, 0.3) is 5.91 Å². The van der Waals surface area contributed by atoms with Crippen LogP contribution in [0.2, 0.25) is 0 Å². The number of amides is 1. The Morgan fingerprint density at radius 1 is 1.04 bits per heavy atom. The minimum Gasteiger partial charge on any atom is -0.370 e. The zero-order valence-electron chi connectivity index (χ0n) is 13.4. The number of carbonyl (C=O) groups excluding carboxylic acids is 1. The number of nitrogens with one attached hydrogen (secondary N) is 2. The molecule has 0 spiro atoms. The average molecular weight is 311 g/mol. The molecule has 2 aromatic rings. The third-order valence-electron chi connectivity index (χ3n) is 4.34. The summed E-state index contributed by atoms with van der Waals surface area (Å²) in [6, 6.07) is 17.7. The molecule has 2 N–H and O–H groups in total. The van der Waals surface area contributed by atoms with Gasteiger partial charge in [0.2, 0.25) is 0 Å². The van der Waals surface area contributed by atoms with Crippen molar-refractivity contribution in [2.75, 3.05) is 31.6 Å². The minimum absolute atomic E-state index is 0.0439. The first-order chi connectivity index (χ1) is 11.3. The van der Waals surface area contributed by atoms with Crippen LogP contribution < -0.4 is 10.2 Å². The van der Waals surface area contributed by atoms with Crippen molar-refractivity contribution in [1.29, 1.82) is 0 Å². The maximum atomic E-state index is 13.0. The van der Waals surface area contributed by atoms with Crippen LogP contribution in [0, 0.1) is 6.92 Å². The average Bonchev–Trinajstić information content (AvgIpc) is 2.59. The van der Waals surface area contributed by atoms with Gasteiger partial charge in [-0.25, -0.2) is 0 Å². The second kappa shape index (κ2) is 7.40. The number of rotatable bonds is 4. The number of hydrogen-bond acceptors (Lipinski definition) is 2. The smallest absolute Gasteiger partial charge is 0.287 e. The maximum Gasteiger partial charge on any atom is 0.287 e. The molecule has 120 valence electrons. The predicted molar refractivity (Wildman–Crippen MR) is 90.5 cm³/mol. The molecule has 23 heavy (non-hydrogen) atoms. The van der Waals surface area contributed by atoms with E-state index in [4.69, 9.17) is 4.74 Å². The van der Waals surface area contributed by atoms with E-state index in [9.17, 15) is 4.79 Å². The lowest BCUT2D eigenvalue weighted by atomic mass is 10.0. The van der Waals surface area contributed by atoms with Gasteiger partial charge in [-0.2, -0.15) is 0 Å². The molecular weight excluding hydrogens is 288 g/mol. The summed E-state index contributed by atoms with van der Waals surface area (Å²) in [7, 11) is 0. The molecule has 0 aliphatic carbocycles. The van der Waals surface area contributed by atoms with Crippen LogP contribution in [0.25, 0.3) is 0 Å². The molecule has 0 aromatic heterocycles. The molecule has 1 saturated heterocycles. The molecule has 1 fully saturated rings. The predicted octanol–water partition coefficient (Wildman–Crippen LogP) is 1.59. The topological polar surface area (TPSA) is 42.8 Å². The van der Waals surface area contributed by atoms with Crippen LogP contribution in [0.3, 0.4) is 0 Å². The highest BCUT2D eigenvalue weighted by Crippen LogP contribution is 2.17. The molecule has 1 aliphatic rings. The molecule has 2 aromatic carbocycles. The van der Waals surface area contributed by atoms with Gasteiger partial charge in [-0.1, -0.05) is 48.5 Å². The molecule has 0 radical (unpaired) electrons. The van der Waals surface area contributed by atoms with Crippen LogP contribution in [0.1, 0.15) is 17.2 Å². The standard InChI is InChI=1S/C19H22N2O2/c1-15-7-5-6-10-17(15)20-19(22)18(16-8-3-2-4-9-16)21-11-13-23-14-12-21/h2-10,18H,11-14H2,1H3,(H,20,22)/p+1. The number of para-hydroxylation sites is 1. The van der Waals surface area contributed by atoms with Crippen molar-refractivity contribution in [3.05, 3.63) is 65.7 Å². The molecule has 0 saturated carbocycles. The van der Waals surface area contributed by atoms with E-state index in [-0.39, 0.29) is 11.9 Å². The van der Waals surface area contributed by atoms with Crippen molar-refractivity contribution in [2.45, 2.75) is 13.0 Å². The van der Waals surface area contributed by atoms with E-state index in [0.717, 1.165) is 29.9 Å². The monoisotopic (exact) mass is 311 g/mol. The fourth-order valence-corrected chi connectivity index (χ4v) is 3.06. The Morgan fingerprint density at radius 3 is 2.39 bits per heavy atom. The van der Waals surface area contributed by atoms with Gasteiger partial charge in [0, 0.05) is 11.3 Å². The van der Waals surface area contributed by atoms with E-state index in [1.165, 1.54) is 4.90 Å². The Bertz CT molecular complexity index is 651. The lowest BCUT2D eigenvalue weighted by Gasteiger charge is -2.31. The second-order valence-corrected chi connectivity index (χ2v) is 5.92. The lowest BCUT2D eigenvalue weighted by Crippen LogP contribution is -3.15. The lowest BCUT2D eigenvalue weighted by molar-refractivity contribution is -0.929. The van der Waals surface area contributed by atoms with E-state index in [1.807, 2.05) is 61.5 Å². The molecule has 1 atom stereocenters. The molecule has 4 nitrogen and oxygen atoms in total. The summed E-state index contributed by atoms with van der Waals surface area (Å²) in [6.07, 6.45) is 0. The molecule has 4 heteroatoms. The van der Waals surface area contributed by atoms with Gasteiger partial charge in [0.1, 0.15) is 13.1 Å². The highest BCUT2D eigenvalue weighted by atomic mass is 16.5. The summed E-state index contributed by atoms with van der Waals surface area (Å²) in [5.74, 6) is 0.0439. The number of quaternary nitrogens is 1. The molecule has 1 unspecified atom stereocenters. The van der Waals surface area contributed by atoms with Gasteiger partial charge < -0.3 is 15.0 Å². The molecule has 0 bridgehead atoms. The highest BCUT2D eigenvalue weighted by Gasteiger charge is 2.32. The zero-order valence-corrected chi connectivity index (χ0v) is 13.4. The number of aryl methyl sites for hydroxylation is 1. The van der Waals surface area contributed by atoms with Crippen molar-refractivity contribution in [3.63, 3.8) is 0 Å². The van der Waals surface area contributed by atoms with Gasteiger partial charge in [-0.05, 0) is 18.6 Å². The van der Waals surface area contributed by atoms with Gasteiger partial charge in [0.05, 0.1) is 13.2 Å². The summed E-state index contributed by atoms with van der Waals surface area (Å²) in [5, 5.41) is 3.11. The number of ether oxygens (including phenoxy) is 1. The highest BCUT2D eigenvalue weighted by molar-refractivity contribution is 5.95. The molecule has 3 rings (SSSR count). The zero-order chi connectivity index (χ0) is 16.1. The number of benzene rings is 2. The van der Waals surface area contributed by atoms with Gasteiger partial charge >= 0.3 is 0 Å². The number of morpholine rings is 1. The van der Waals surface area contributed by atoms with E-state index in [1.54, 1.807) is 0 Å². The van der Waals surface area contributed by atoms with Gasteiger partial charge in [-0.15, -0.1) is 0 Å². The van der Waals surface area contributed by atoms with Crippen molar-refractivity contribution in [3.8, 4) is 0 Å². The minimum atomic E-state index is -0.209. The van der Waals surface area contributed by atoms with E-state index in [0.29, 0.717) is 13.2 Å². The van der Waals surface area contributed by atoms with Crippen molar-refractivity contribution >= 4 is 11.6 Å². The number of carbonyl (C=O) groups is 1. The fraction of sp³-hybridized carbons (Fsp3) is 0.316. The summed E-state index contributed by atoms with van der Waals surface area (Å²) in [6.45, 7) is 5.11. The van der Waals surface area contributed by atoms with Crippen molar-refractivity contribution in [2.24, 2.45) is 0 Å². The fourth-order valence-electron chi connectivity index (χ4n) is 3.06. The SMILES string of the molecule is Cc1ccccc1NC(=O)C(c1ccccc1)[NH+]1CCOCC1. The molecular formula is C19H23N2O2+. The van der Waals surface area contributed by atoms with E-state index in [2.05, 4.69) is 5.32 Å². The quantitative estimate of drug-likeness (QED) is 0.900. The van der Waals surface area contributed by atoms with Crippen LogP contribution in [-0.4, -0.2) is 32.2 Å². The van der Waals surface area contributed by atoms with Crippen LogP contribution in [-0.2, 0) is 9.53 Å². The van der Waals surface area contributed by atoms with Crippen LogP contribution in [0.5, 0.6) is 0 Å². The summed E-state index contributed by atoms with van der Waals surface area (Å²) < 4.78 is 5.45. The van der Waals surface area contributed by atoms with E-state index < -0.39 is 0 Å². The van der Waals surface area contributed by atoms with Gasteiger partial charge in [-0.3, -0.25) is 4.79 Å². The second-order valence-electron chi connectivity index (χ2n) is 5.92.